The zero-order chi connectivity index (χ0) is 30.7. The molecule has 0 aliphatic heterocycles. The summed E-state index contributed by atoms with van der Waals surface area (Å²) in [4.78, 5) is 26.2. The third-order valence-electron chi connectivity index (χ3n) is 6.91. The average molecular weight is 581 g/mol. The van der Waals surface area contributed by atoms with E-state index in [4.69, 9.17) is 4.74 Å². The number of carbonyl (C=O) groups excluding carboxylic acids is 2. The van der Waals surface area contributed by atoms with Crippen LogP contribution in [0.5, 0.6) is 5.75 Å². The van der Waals surface area contributed by atoms with Crippen molar-refractivity contribution in [3.63, 3.8) is 0 Å². The highest BCUT2D eigenvalue weighted by atomic mass is 19.2. The van der Waals surface area contributed by atoms with Crippen molar-refractivity contribution in [3.8, 4) is 5.75 Å². The summed E-state index contributed by atoms with van der Waals surface area (Å²) in [6.07, 6.45) is 3.63. The molecule has 1 aliphatic rings. The van der Waals surface area contributed by atoms with Gasteiger partial charge in [0.25, 0.3) is 0 Å². The van der Waals surface area contributed by atoms with Crippen molar-refractivity contribution in [3.05, 3.63) is 70.6 Å². The van der Waals surface area contributed by atoms with Gasteiger partial charge in [-0.15, -0.1) is 0 Å². The third kappa shape index (κ3) is 8.53. The Hall–Kier alpha value is -3.43. The maximum atomic E-state index is 14.1. The highest BCUT2D eigenvalue weighted by Gasteiger charge is 2.39. The summed E-state index contributed by atoms with van der Waals surface area (Å²) in [5.74, 6) is -11.4. The molecule has 1 aliphatic carbocycles. The summed E-state index contributed by atoms with van der Waals surface area (Å²) >= 11 is 0. The first-order valence-corrected chi connectivity index (χ1v) is 13.5. The molecule has 2 aromatic rings. The number of halogens is 5. The minimum Gasteiger partial charge on any atom is -0.491 e. The second kappa shape index (κ2) is 12.6. The van der Waals surface area contributed by atoms with Crippen molar-refractivity contribution >= 4 is 17.9 Å². The van der Waals surface area contributed by atoms with Crippen molar-refractivity contribution in [1.29, 1.82) is 0 Å². The number of carbonyl (C=O) groups is 2. The van der Waals surface area contributed by atoms with E-state index in [0.29, 0.717) is 23.5 Å². The second-order valence-corrected chi connectivity index (χ2v) is 12.5. The molecule has 0 spiro atoms. The van der Waals surface area contributed by atoms with Crippen LogP contribution < -0.4 is 15.4 Å². The van der Waals surface area contributed by atoms with Crippen LogP contribution in [0.25, 0.3) is 6.08 Å². The van der Waals surface area contributed by atoms with Crippen LogP contribution in [0, 0.1) is 39.9 Å². The van der Waals surface area contributed by atoms with Gasteiger partial charge in [-0.1, -0.05) is 39.8 Å². The van der Waals surface area contributed by atoms with E-state index in [9.17, 15) is 31.5 Å². The van der Waals surface area contributed by atoms with E-state index in [1.807, 2.05) is 13.8 Å². The van der Waals surface area contributed by atoms with Gasteiger partial charge < -0.3 is 15.4 Å². The normalized spacial score (nSPS) is 17.5. The fourth-order valence-corrected chi connectivity index (χ4v) is 5.82. The Balaban J connectivity index is 1.83. The van der Waals surface area contributed by atoms with Gasteiger partial charge >= 0.3 is 0 Å². The lowest BCUT2D eigenvalue weighted by atomic mass is 9.63. The number of ether oxygens (including phenoxy) is 1. The van der Waals surface area contributed by atoms with Crippen LogP contribution in [0.1, 0.15) is 71.9 Å². The fraction of sp³-hybridized carbons (Fsp3) is 0.484. The van der Waals surface area contributed by atoms with Crippen molar-refractivity contribution < 1.29 is 36.3 Å². The van der Waals surface area contributed by atoms with Crippen LogP contribution >= 0.6 is 0 Å². The molecule has 0 radical (unpaired) electrons. The molecular formula is C31H37F5N2O3. The molecule has 0 heterocycles. The Morgan fingerprint density at radius 1 is 0.902 bits per heavy atom. The topological polar surface area (TPSA) is 67.4 Å². The summed E-state index contributed by atoms with van der Waals surface area (Å²) in [6, 6.07) is 5.74. The van der Waals surface area contributed by atoms with E-state index < -0.39 is 52.5 Å². The maximum absolute atomic E-state index is 14.1. The molecule has 5 nitrogen and oxygen atoms in total. The molecule has 1 unspecified atom stereocenters. The predicted molar refractivity (Wildman–Crippen MR) is 146 cm³/mol. The molecule has 41 heavy (non-hydrogen) atoms. The van der Waals surface area contributed by atoms with Crippen molar-refractivity contribution in [2.75, 3.05) is 0 Å². The zero-order valence-electron chi connectivity index (χ0n) is 24.1. The van der Waals surface area contributed by atoms with Crippen LogP contribution in [0.4, 0.5) is 22.0 Å². The molecule has 1 atom stereocenters. The number of hydrogen-bond donors (Lipinski definition) is 2. The molecule has 0 aromatic heterocycles. The van der Waals surface area contributed by atoms with Gasteiger partial charge in [0.1, 0.15) is 11.8 Å². The molecule has 10 heteroatoms. The van der Waals surface area contributed by atoms with Gasteiger partial charge in [-0.2, -0.15) is 0 Å². The molecule has 1 fully saturated rings. The molecule has 2 aromatic carbocycles. The van der Waals surface area contributed by atoms with Crippen LogP contribution in [0.2, 0.25) is 0 Å². The van der Waals surface area contributed by atoms with E-state index >= 15 is 0 Å². The van der Waals surface area contributed by atoms with Crippen molar-refractivity contribution in [1.82, 2.24) is 10.6 Å². The molecule has 0 bridgehead atoms. The highest BCUT2D eigenvalue weighted by Crippen LogP contribution is 2.45. The average Bonchev–Trinajstić information content (AvgIpc) is 2.84. The standard InChI is InChI=1S/C31H37F5N2O3/c1-17(2)41-20-9-7-18(8-10-20)13-22(29(40)37-19-14-30(3,4)16-31(5,6)15-19)38-23(39)12-11-21-24(32)26(34)28(36)27(35)25(21)33/h7-12,17,19,22H,13-16H2,1-6H3,(H,37,40)(H,38,39)/b12-11+. The van der Waals surface area contributed by atoms with Crippen molar-refractivity contribution in [2.45, 2.75) is 85.4 Å². The Labute approximate surface area is 237 Å². The smallest absolute Gasteiger partial charge is 0.244 e. The molecule has 2 amide bonds. The lowest BCUT2D eigenvalue weighted by molar-refractivity contribution is -0.128. The summed E-state index contributed by atoms with van der Waals surface area (Å²) in [7, 11) is 0. The van der Waals surface area contributed by atoms with Gasteiger partial charge in [-0.25, -0.2) is 22.0 Å². The number of hydrogen-bond acceptors (Lipinski definition) is 3. The Kier molecular flexibility index (Phi) is 9.87. The fourth-order valence-electron chi connectivity index (χ4n) is 5.82. The maximum Gasteiger partial charge on any atom is 0.244 e. The summed E-state index contributed by atoms with van der Waals surface area (Å²) < 4.78 is 74.2. The van der Waals surface area contributed by atoms with Gasteiger partial charge in [0.15, 0.2) is 23.3 Å². The van der Waals surface area contributed by atoms with Gasteiger partial charge in [0, 0.05) is 18.5 Å². The Morgan fingerprint density at radius 2 is 1.41 bits per heavy atom. The monoisotopic (exact) mass is 580 g/mol. The lowest BCUT2D eigenvalue weighted by Crippen LogP contribution is -2.53. The first-order valence-electron chi connectivity index (χ1n) is 13.5. The zero-order valence-corrected chi connectivity index (χ0v) is 24.1. The first-order chi connectivity index (χ1) is 19.0. The van der Waals surface area contributed by atoms with E-state index in [0.717, 1.165) is 19.3 Å². The molecule has 2 N–H and O–H groups in total. The van der Waals surface area contributed by atoms with Crippen LogP contribution in [-0.2, 0) is 16.0 Å². The molecule has 3 rings (SSSR count). The molecule has 224 valence electrons. The van der Waals surface area contributed by atoms with Crippen molar-refractivity contribution in [2.24, 2.45) is 10.8 Å². The SMILES string of the molecule is CC(C)Oc1ccc(CC(NC(=O)/C=C/c2c(F)c(F)c(F)c(F)c2F)C(=O)NC2CC(C)(C)CC(C)(C)C2)cc1. The number of nitrogens with one attached hydrogen (secondary N) is 2. The van der Waals surface area contributed by atoms with Gasteiger partial charge in [-0.05, 0) is 67.7 Å². The Bertz CT molecular complexity index is 1260. The van der Waals surface area contributed by atoms with Gasteiger partial charge in [0.05, 0.1) is 11.7 Å². The Morgan fingerprint density at radius 3 is 1.93 bits per heavy atom. The summed E-state index contributed by atoms with van der Waals surface area (Å²) in [5, 5.41) is 5.56. The minimum absolute atomic E-state index is 0.0126. The summed E-state index contributed by atoms with van der Waals surface area (Å²) in [6.45, 7) is 12.3. The molecular weight excluding hydrogens is 543 g/mol. The quantitative estimate of drug-likeness (QED) is 0.151. The summed E-state index contributed by atoms with van der Waals surface area (Å²) in [5.41, 5.74) is -0.581. The van der Waals surface area contributed by atoms with Crippen LogP contribution in [-0.4, -0.2) is 30.0 Å². The minimum atomic E-state index is -2.29. The predicted octanol–water partition coefficient (Wildman–Crippen LogP) is 6.63. The largest absolute Gasteiger partial charge is 0.491 e. The second-order valence-electron chi connectivity index (χ2n) is 12.5. The number of amides is 2. The number of rotatable bonds is 9. The van der Waals surface area contributed by atoms with Gasteiger partial charge in [0.2, 0.25) is 17.6 Å². The van der Waals surface area contributed by atoms with Crippen LogP contribution in [0.3, 0.4) is 0 Å². The van der Waals surface area contributed by atoms with E-state index in [1.165, 1.54) is 0 Å². The third-order valence-corrected chi connectivity index (χ3v) is 6.91. The molecule has 0 saturated heterocycles. The van der Waals surface area contributed by atoms with Gasteiger partial charge in [-0.3, -0.25) is 9.59 Å². The van der Waals surface area contributed by atoms with E-state index in [-0.39, 0.29) is 29.4 Å². The van der Waals surface area contributed by atoms with Crippen LogP contribution in [0.15, 0.2) is 30.3 Å². The lowest BCUT2D eigenvalue weighted by Gasteiger charge is -2.45. The highest BCUT2D eigenvalue weighted by molar-refractivity contribution is 5.95. The number of benzene rings is 2. The van der Waals surface area contributed by atoms with E-state index in [2.05, 4.69) is 38.3 Å². The van der Waals surface area contributed by atoms with E-state index in [1.54, 1.807) is 24.3 Å². The molecule has 1 saturated carbocycles. The first kappa shape index (κ1) is 32.1.